The first-order valence-corrected chi connectivity index (χ1v) is 5.45. The van der Waals surface area contributed by atoms with Gasteiger partial charge in [0.2, 0.25) is 0 Å². The molecule has 0 amide bonds. The molecule has 0 unspecified atom stereocenters. The van der Waals surface area contributed by atoms with E-state index in [0.29, 0.717) is 9.79 Å². The molecule has 82 valence electrons. The SMILES string of the molecule is Cc1c(Cl)cccc1-n1ccc(=O)[nH]c1=S. The van der Waals surface area contributed by atoms with Crippen molar-refractivity contribution in [3.8, 4) is 5.69 Å². The van der Waals surface area contributed by atoms with Crippen LogP contribution in [-0.2, 0) is 0 Å². The number of rotatable bonds is 1. The van der Waals surface area contributed by atoms with Crippen LogP contribution in [0.15, 0.2) is 35.3 Å². The van der Waals surface area contributed by atoms with E-state index in [1.807, 2.05) is 25.1 Å². The molecule has 16 heavy (non-hydrogen) atoms. The van der Waals surface area contributed by atoms with Crippen LogP contribution in [0.25, 0.3) is 5.69 Å². The molecule has 3 nitrogen and oxygen atoms in total. The van der Waals surface area contributed by atoms with Gasteiger partial charge >= 0.3 is 0 Å². The lowest BCUT2D eigenvalue weighted by atomic mass is 10.2. The van der Waals surface area contributed by atoms with Gasteiger partial charge in [0.15, 0.2) is 4.77 Å². The van der Waals surface area contributed by atoms with Gasteiger partial charge in [0.1, 0.15) is 0 Å². The van der Waals surface area contributed by atoms with Crippen molar-refractivity contribution in [1.82, 2.24) is 9.55 Å². The van der Waals surface area contributed by atoms with Crippen molar-refractivity contribution in [2.75, 3.05) is 0 Å². The highest BCUT2D eigenvalue weighted by molar-refractivity contribution is 7.71. The number of halogens is 1. The second kappa shape index (κ2) is 4.23. The molecule has 2 rings (SSSR count). The van der Waals surface area contributed by atoms with Gasteiger partial charge in [-0.1, -0.05) is 17.7 Å². The van der Waals surface area contributed by atoms with E-state index >= 15 is 0 Å². The summed E-state index contributed by atoms with van der Waals surface area (Å²) in [7, 11) is 0. The van der Waals surface area contributed by atoms with Gasteiger partial charge in [0.25, 0.3) is 5.56 Å². The molecule has 0 aliphatic carbocycles. The van der Waals surface area contributed by atoms with E-state index in [1.54, 1.807) is 10.8 Å². The molecule has 0 fully saturated rings. The van der Waals surface area contributed by atoms with Crippen molar-refractivity contribution in [3.05, 3.63) is 56.2 Å². The third kappa shape index (κ3) is 1.94. The number of hydrogen-bond donors (Lipinski definition) is 1. The minimum absolute atomic E-state index is 0.207. The maximum absolute atomic E-state index is 11.1. The molecule has 0 spiro atoms. The molecule has 2 aromatic rings. The molecule has 0 saturated carbocycles. The Hall–Kier alpha value is -1.39. The average Bonchev–Trinajstić information content (AvgIpc) is 2.23. The zero-order valence-electron chi connectivity index (χ0n) is 8.53. The summed E-state index contributed by atoms with van der Waals surface area (Å²) < 4.78 is 2.08. The predicted octanol–water partition coefficient (Wildman–Crippen LogP) is 2.86. The Morgan fingerprint density at radius 3 is 2.81 bits per heavy atom. The quantitative estimate of drug-likeness (QED) is 0.793. The van der Waals surface area contributed by atoms with Gasteiger partial charge in [-0.05, 0) is 36.8 Å². The van der Waals surface area contributed by atoms with Crippen LogP contribution < -0.4 is 5.56 Å². The molecule has 1 aromatic carbocycles. The molecular formula is C11H9ClN2OS. The van der Waals surface area contributed by atoms with Gasteiger partial charge in [0.05, 0.1) is 5.69 Å². The Morgan fingerprint density at radius 1 is 1.38 bits per heavy atom. The van der Waals surface area contributed by atoms with Gasteiger partial charge in [-0.2, -0.15) is 0 Å². The molecule has 1 heterocycles. The fourth-order valence-corrected chi connectivity index (χ4v) is 1.89. The smallest absolute Gasteiger partial charge is 0.251 e. The predicted molar refractivity (Wildman–Crippen MR) is 67.0 cm³/mol. The van der Waals surface area contributed by atoms with E-state index in [9.17, 15) is 4.79 Å². The fourth-order valence-electron chi connectivity index (χ4n) is 1.46. The first-order chi connectivity index (χ1) is 7.59. The van der Waals surface area contributed by atoms with Gasteiger partial charge in [-0.25, -0.2) is 0 Å². The molecule has 0 atom stereocenters. The molecule has 5 heteroatoms. The van der Waals surface area contributed by atoms with Crippen LogP contribution in [0.3, 0.4) is 0 Å². The summed E-state index contributed by atoms with van der Waals surface area (Å²) in [5.74, 6) is 0. The molecule has 0 bridgehead atoms. The van der Waals surface area contributed by atoms with E-state index in [-0.39, 0.29) is 5.56 Å². The highest BCUT2D eigenvalue weighted by Gasteiger charge is 2.04. The molecular weight excluding hydrogens is 244 g/mol. The zero-order chi connectivity index (χ0) is 11.7. The van der Waals surface area contributed by atoms with Crippen LogP contribution in [0, 0.1) is 11.7 Å². The van der Waals surface area contributed by atoms with Crippen LogP contribution in [0.5, 0.6) is 0 Å². The van der Waals surface area contributed by atoms with Crippen LogP contribution in [0.2, 0.25) is 5.02 Å². The summed E-state index contributed by atoms with van der Waals surface area (Å²) in [6.07, 6.45) is 1.64. The van der Waals surface area contributed by atoms with Gasteiger partial charge in [-0.15, -0.1) is 0 Å². The Kier molecular flexibility index (Phi) is 2.94. The summed E-state index contributed by atoms with van der Waals surface area (Å²) in [5.41, 5.74) is 1.59. The highest BCUT2D eigenvalue weighted by atomic mass is 35.5. The largest absolute Gasteiger partial charge is 0.299 e. The maximum atomic E-state index is 11.1. The van der Waals surface area contributed by atoms with Crippen LogP contribution in [-0.4, -0.2) is 9.55 Å². The molecule has 0 aliphatic heterocycles. The number of aromatic amines is 1. The third-order valence-electron chi connectivity index (χ3n) is 2.32. The van der Waals surface area contributed by atoms with Crippen LogP contribution >= 0.6 is 23.8 Å². The number of nitrogens with zero attached hydrogens (tertiary/aromatic N) is 1. The number of hydrogen-bond acceptors (Lipinski definition) is 2. The molecule has 1 N–H and O–H groups in total. The maximum Gasteiger partial charge on any atom is 0.251 e. The second-order valence-electron chi connectivity index (χ2n) is 3.36. The van der Waals surface area contributed by atoms with Crippen LogP contribution in [0.4, 0.5) is 0 Å². The van der Waals surface area contributed by atoms with E-state index in [1.165, 1.54) is 6.07 Å². The van der Waals surface area contributed by atoms with Crippen molar-refractivity contribution in [3.63, 3.8) is 0 Å². The Labute approximate surface area is 102 Å². The van der Waals surface area contributed by atoms with Crippen molar-refractivity contribution < 1.29 is 0 Å². The van der Waals surface area contributed by atoms with E-state index in [0.717, 1.165) is 11.3 Å². The minimum atomic E-state index is -0.207. The summed E-state index contributed by atoms with van der Waals surface area (Å²) in [6, 6.07) is 6.98. The number of nitrogens with one attached hydrogen (secondary N) is 1. The molecule has 0 saturated heterocycles. The lowest BCUT2D eigenvalue weighted by molar-refractivity contribution is 0.929. The zero-order valence-corrected chi connectivity index (χ0v) is 10.1. The van der Waals surface area contributed by atoms with Gasteiger partial charge < -0.3 is 0 Å². The molecule has 0 aliphatic rings. The standard InChI is InChI=1S/C11H9ClN2OS/c1-7-8(12)3-2-4-9(7)14-6-5-10(15)13-11(14)16/h2-6H,1H3,(H,13,15,16). The average molecular weight is 253 g/mol. The Bertz CT molecular complexity index is 645. The summed E-state index contributed by atoms with van der Waals surface area (Å²) >= 11 is 11.1. The first-order valence-electron chi connectivity index (χ1n) is 4.67. The van der Waals surface area contributed by atoms with Gasteiger partial charge in [-0.3, -0.25) is 14.3 Å². The van der Waals surface area contributed by atoms with Crippen LogP contribution in [0.1, 0.15) is 5.56 Å². The van der Waals surface area contributed by atoms with Crippen molar-refractivity contribution in [1.29, 1.82) is 0 Å². The summed E-state index contributed by atoms with van der Waals surface area (Å²) in [6.45, 7) is 1.91. The lowest BCUT2D eigenvalue weighted by Crippen LogP contribution is -2.10. The minimum Gasteiger partial charge on any atom is -0.299 e. The first kappa shape index (κ1) is 11.1. The highest BCUT2D eigenvalue weighted by Crippen LogP contribution is 2.21. The Balaban J connectivity index is 2.73. The van der Waals surface area contributed by atoms with E-state index < -0.39 is 0 Å². The number of H-pyrrole nitrogens is 1. The van der Waals surface area contributed by atoms with Crippen molar-refractivity contribution in [2.24, 2.45) is 0 Å². The second-order valence-corrected chi connectivity index (χ2v) is 4.16. The lowest BCUT2D eigenvalue weighted by Gasteiger charge is -2.10. The summed E-state index contributed by atoms with van der Waals surface area (Å²) in [5, 5.41) is 0.672. The molecule has 1 aromatic heterocycles. The summed E-state index contributed by atoms with van der Waals surface area (Å²) in [4.78, 5) is 13.6. The van der Waals surface area contributed by atoms with Crippen molar-refractivity contribution >= 4 is 23.8 Å². The Morgan fingerprint density at radius 2 is 2.12 bits per heavy atom. The van der Waals surface area contributed by atoms with E-state index in [2.05, 4.69) is 4.98 Å². The number of aromatic nitrogens is 2. The van der Waals surface area contributed by atoms with E-state index in [4.69, 9.17) is 23.8 Å². The third-order valence-corrected chi connectivity index (χ3v) is 3.03. The molecule has 0 radical (unpaired) electrons. The van der Waals surface area contributed by atoms with Crippen molar-refractivity contribution in [2.45, 2.75) is 6.92 Å². The monoisotopic (exact) mass is 252 g/mol. The normalized spacial score (nSPS) is 10.4. The topological polar surface area (TPSA) is 37.8 Å². The van der Waals surface area contributed by atoms with Gasteiger partial charge in [0, 0.05) is 17.3 Å². The fraction of sp³-hybridized carbons (Fsp3) is 0.0909. The number of benzene rings is 1.